The van der Waals surface area contributed by atoms with Crippen LogP contribution in [0.5, 0.6) is 0 Å². The summed E-state index contributed by atoms with van der Waals surface area (Å²) in [5, 5.41) is 2.74. The van der Waals surface area contributed by atoms with Crippen molar-refractivity contribution in [2.24, 2.45) is 0 Å². The van der Waals surface area contributed by atoms with Gasteiger partial charge in [-0.3, -0.25) is 4.79 Å². The SMILES string of the molecule is CC(=O)Nc1nc2c(nc1C=C(C)C)-c1ccc(F)cc1CC2. The Labute approximate surface area is 134 Å². The molecule has 23 heavy (non-hydrogen) atoms. The van der Waals surface area contributed by atoms with Gasteiger partial charge >= 0.3 is 0 Å². The van der Waals surface area contributed by atoms with Gasteiger partial charge in [0.05, 0.1) is 11.4 Å². The number of hydrogen-bond donors (Lipinski definition) is 1. The van der Waals surface area contributed by atoms with Crippen molar-refractivity contribution in [1.82, 2.24) is 9.97 Å². The lowest BCUT2D eigenvalue weighted by Gasteiger charge is -2.20. The molecule has 0 fully saturated rings. The summed E-state index contributed by atoms with van der Waals surface area (Å²) in [7, 11) is 0. The van der Waals surface area contributed by atoms with Crippen LogP contribution in [0.2, 0.25) is 0 Å². The Bertz CT molecular complexity index is 823. The summed E-state index contributed by atoms with van der Waals surface area (Å²) in [6.07, 6.45) is 3.28. The molecule has 0 radical (unpaired) electrons. The predicted octanol–water partition coefficient (Wildman–Crippen LogP) is 3.76. The van der Waals surface area contributed by atoms with Gasteiger partial charge in [-0.2, -0.15) is 0 Å². The van der Waals surface area contributed by atoms with Crippen LogP contribution in [0.4, 0.5) is 10.2 Å². The molecule has 1 heterocycles. The molecule has 0 spiro atoms. The number of nitrogens with zero attached hydrogens (tertiary/aromatic N) is 2. The zero-order chi connectivity index (χ0) is 16.6. The highest BCUT2D eigenvalue weighted by Gasteiger charge is 2.21. The van der Waals surface area contributed by atoms with Crippen LogP contribution >= 0.6 is 0 Å². The summed E-state index contributed by atoms with van der Waals surface area (Å²) in [6, 6.07) is 4.75. The number of aryl methyl sites for hydroxylation is 2. The van der Waals surface area contributed by atoms with Gasteiger partial charge in [-0.25, -0.2) is 14.4 Å². The predicted molar refractivity (Wildman–Crippen MR) is 88.5 cm³/mol. The number of carbonyl (C=O) groups excluding carboxylic acids is 1. The average molecular weight is 311 g/mol. The highest BCUT2D eigenvalue weighted by atomic mass is 19.1. The average Bonchev–Trinajstić information content (AvgIpc) is 2.46. The maximum absolute atomic E-state index is 13.4. The second-order valence-corrected chi connectivity index (χ2v) is 5.96. The molecule has 1 aliphatic carbocycles. The topological polar surface area (TPSA) is 54.9 Å². The van der Waals surface area contributed by atoms with E-state index in [-0.39, 0.29) is 11.7 Å². The fourth-order valence-corrected chi connectivity index (χ4v) is 2.76. The molecule has 118 valence electrons. The van der Waals surface area contributed by atoms with Crippen LogP contribution in [-0.2, 0) is 17.6 Å². The van der Waals surface area contributed by atoms with E-state index < -0.39 is 0 Å². The van der Waals surface area contributed by atoms with Crippen molar-refractivity contribution >= 4 is 17.8 Å². The van der Waals surface area contributed by atoms with Gasteiger partial charge in [-0.1, -0.05) is 5.57 Å². The van der Waals surface area contributed by atoms with Crippen molar-refractivity contribution in [3.8, 4) is 11.3 Å². The Morgan fingerprint density at radius 1 is 1.22 bits per heavy atom. The monoisotopic (exact) mass is 311 g/mol. The van der Waals surface area contributed by atoms with Crippen LogP contribution in [0.1, 0.15) is 37.7 Å². The lowest BCUT2D eigenvalue weighted by molar-refractivity contribution is -0.114. The van der Waals surface area contributed by atoms with E-state index in [2.05, 4.69) is 10.3 Å². The molecule has 1 aliphatic rings. The Balaban J connectivity index is 2.18. The Morgan fingerprint density at radius 3 is 2.70 bits per heavy atom. The number of hydrogen-bond acceptors (Lipinski definition) is 3. The van der Waals surface area contributed by atoms with E-state index in [0.29, 0.717) is 17.9 Å². The Kier molecular flexibility index (Phi) is 3.94. The van der Waals surface area contributed by atoms with Crippen LogP contribution in [0.25, 0.3) is 17.3 Å². The summed E-state index contributed by atoms with van der Waals surface area (Å²) >= 11 is 0. The van der Waals surface area contributed by atoms with Gasteiger partial charge in [-0.05, 0) is 56.5 Å². The van der Waals surface area contributed by atoms with Crippen LogP contribution in [0.3, 0.4) is 0 Å². The number of rotatable bonds is 2. The first-order valence-corrected chi connectivity index (χ1v) is 7.56. The van der Waals surface area contributed by atoms with E-state index in [9.17, 15) is 9.18 Å². The van der Waals surface area contributed by atoms with Gasteiger partial charge < -0.3 is 5.32 Å². The quantitative estimate of drug-likeness (QED) is 0.918. The normalized spacial score (nSPS) is 12.2. The maximum Gasteiger partial charge on any atom is 0.222 e. The molecule has 0 unspecified atom stereocenters. The molecule has 0 saturated carbocycles. The van der Waals surface area contributed by atoms with E-state index >= 15 is 0 Å². The number of aromatic nitrogens is 2. The molecule has 4 nitrogen and oxygen atoms in total. The van der Waals surface area contributed by atoms with Crippen LogP contribution in [-0.4, -0.2) is 15.9 Å². The summed E-state index contributed by atoms with van der Waals surface area (Å²) < 4.78 is 13.4. The minimum absolute atomic E-state index is 0.180. The first-order chi connectivity index (χ1) is 10.9. The minimum Gasteiger partial charge on any atom is -0.309 e. The zero-order valence-corrected chi connectivity index (χ0v) is 13.4. The number of fused-ring (bicyclic) bond motifs is 3. The van der Waals surface area contributed by atoms with Crippen LogP contribution < -0.4 is 5.32 Å². The van der Waals surface area contributed by atoms with Crippen molar-refractivity contribution in [3.05, 3.63) is 46.5 Å². The number of nitrogens with one attached hydrogen (secondary N) is 1. The molecular weight excluding hydrogens is 293 g/mol. The summed E-state index contributed by atoms with van der Waals surface area (Å²) in [5.74, 6) is 0.0588. The van der Waals surface area contributed by atoms with Crippen LogP contribution in [0, 0.1) is 5.82 Å². The molecule has 3 rings (SSSR count). The number of allylic oxidation sites excluding steroid dienone is 1. The molecule has 1 N–H and O–H groups in total. The third kappa shape index (κ3) is 3.13. The fourth-order valence-electron chi connectivity index (χ4n) is 2.76. The number of anilines is 1. The fraction of sp³-hybridized carbons (Fsp3) is 0.278. The standard InChI is InChI=1S/C18H18FN3O/c1-10(2)8-16-18(20-11(3)23)22-15-7-4-12-9-13(19)5-6-14(12)17(15)21-16/h5-6,8-9H,4,7H2,1-3H3,(H,20,22,23). The molecular formula is C18H18FN3O. The molecule has 1 aromatic carbocycles. The van der Waals surface area contributed by atoms with E-state index in [4.69, 9.17) is 4.98 Å². The second-order valence-electron chi connectivity index (χ2n) is 5.96. The highest BCUT2D eigenvalue weighted by molar-refractivity contribution is 5.90. The zero-order valence-electron chi connectivity index (χ0n) is 13.4. The third-order valence-corrected chi connectivity index (χ3v) is 3.67. The van der Waals surface area contributed by atoms with E-state index in [1.54, 1.807) is 12.1 Å². The van der Waals surface area contributed by atoms with Crippen molar-refractivity contribution in [1.29, 1.82) is 0 Å². The van der Waals surface area contributed by atoms with Crippen molar-refractivity contribution in [3.63, 3.8) is 0 Å². The summed E-state index contributed by atoms with van der Waals surface area (Å²) in [4.78, 5) is 20.7. The maximum atomic E-state index is 13.4. The van der Waals surface area contributed by atoms with Gasteiger partial charge in [0.1, 0.15) is 11.5 Å². The number of halogens is 1. The molecule has 2 aromatic rings. The van der Waals surface area contributed by atoms with Gasteiger partial charge in [0.25, 0.3) is 0 Å². The largest absolute Gasteiger partial charge is 0.309 e. The summed E-state index contributed by atoms with van der Waals surface area (Å²) in [5.41, 5.74) is 5.14. The lowest BCUT2D eigenvalue weighted by Crippen LogP contribution is -2.15. The van der Waals surface area contributed by atoms with Gasteiger partial charge in [0.2, 0.25) is 5.91 Å². The summed E-state index contributed by atoms with van der Waals surface area (Å²) in [6.45, 7) is 5.37. The molecule has 1 amide bonds. The third-order valence-electron chi connectivity index (χ3n) is 3.67. The van der Waals surface area contributed by atoms with Crippen molar-refractivity contribution in [2.45, 2.75) is 33.6 Å². The van der Waals surface area contributed by atoms with E-state index in [0.717, 1.165) is 34.5 Å². The first-order valence-electron chi connectivity index (χ1n) is 7.56. The Hall–Kier alpha value is -2.56. The first kappa shape index (κ1) is 15.3. The molecule has 0 bridgehead atoms. The number of carbonyl (C=O) groups is 1. The van der Waals surface area contributed by atoms with E-state index in [1.165, 1.54) is 13.0 Å². The van der Waals surface area contributed by atoms with Crippen molar-refractivity contribution < 1.29 is 9.18 Å². The van der Waals surface area contributed by atoms with Gasteiger partial charge in [-0.15, -0.1) is 0 Å². The molecule has 5 heteroatoms. The van der Waals surface area contributed by atoms with Crippen molar-refractivity contribution in [2.75, 3.05) is 5.32 Å². The van der Waals surface area contributed by atoms with E-state index in [1.807, 2.05) is 19.9 Å². The molecule has 0 aliphatic heterocycles. The molecule has 0 atom stereocenters. The molecule has 0 saturated heterocycles. The number of amides is 1. The number of benzene rings is 1. The minimum atomic E-state index is -0.237. The Morgan fingerprint density at radius 2 is 2.00 bits per heavy atom. The lowest BCUT2D eigenvalue weighted by atomic mass is 9.91. The van der Waals surface area contributed by atoms with Gasteiger partial charge in [0, 0.05) is 12.5 Å². The van der Waals surface area contributed by atoms with Gasteiger partial charge in [0.15, 0.2) is 5.82 Å². The molecule has 1 aromatic heterocycles. The van der Waals surface area contributed by atoms with Crippen LogP contribution in [0.15, 0.2) is 23.8 Å². The highest BCUT2D eigenvalue weighted by Crippen LogP contribution is 2.33. The second kappa shape index (κ2) is 5.91. The smallest absolute Gasteiger partial charge is 0.222 e.